The summed E-state index contributed by atoms with van der Waals surface area (Å²) in [4.78, 5) is 27.1. The summed E-state index contributed by atoms with van der Waals surface area (Å²) < 4.78 is 0. The van der Waals surface area contributed by atoms with E-state index in [9.17, 15) is 9.59 Å². The Morgan fingerprint density at radius 2 is 1.76 bits per heavy atom. The zero-order chi connectivity index (χ0) is 19.8. The van der Waals surface area contributed by atoms with Gasteiger partial charge in [-0.05, 0) is 37.9 Å². The third-order valence-corrected chi connectivity index (χ3v) is 5.66. The van der Waals surface area contributed by atoms with Gasteiger partial charge in [0.2, 0.25) is 0 Å². The predicted octanol–water partition coefficient (Wildman–Crippen LogP) is 5.36. The molecule has 2 aliphatic rings. The smallest absolute Gasteiger partial charge is 0.137 e. The Balaban J connectivity index is 0.000000263. The van der Waals surface area contributed by atoms with Crippen LogP contribution >= 0.6 is 11.8 Å². The summed E-state index contributed by atoms with van der Waals surface area (Å²) in [6.45, 7) is 4.96. The molecule has 0 bridgehead atoms. The molecule has 0 amide bonds. The Morgan fingerprint density at radius 3 is 2.45 bits per heavy atom. The normalized spacial score (nSPS) is 13.1. The van der Waals surface area contributed by atoms with Crippen molar-refractivity contribution in [3.8, 4) is 0 Å². The molecule has 2 heterocycles. The van der Waals surface area contributed by atoms with Gasteiger partial charge in [-0.1, -0.05) is 23.9 Å². The van der Waals surface area contributed by atoms with Crippen LogP contribution in [-0.2, 0) is 29.7 Å². The summed E-state index contributed by atoms with van der Waals surface area (Å²) >= 11 is 1.84. The van der Waals surface area contributed by atoms with E-state index in [0.717, 1.165) is 5.69 Å². The van der Waals surface area contributed by atoms with E-state index in [4.69, 9.17) is 0 Å². The fourth-order valence-corrected chi connectivity index (χ4v) is 4.56. The number of carbonyl (C=O) groups excluding carboxylic acids is 2. The van der Waals surface area contributed by atoms with Crippen LogP contribution in [0.25, 0.3) is 10.8 Å². The predicted molar refractivity (Wildman–Crippen MR) is 114 cm³/mol. The molecule has 2 aliphatic heterocycles. The molecular formula is C23H20IrN2O2S-2. The molecule has 5 rings (SSSR count). The number of carbonyl (C=O) groups is 2. The summed E-state index contributed by atoms with van der Waals surface area (Å²) in [6.07, 6.45) is 0.0833. The average molecular weight is 581 g/mol. The van der Waals surface area contributed by atoms with E-state index in [1.54, 1.807) is 0 Å². The maximum absolute atomic E-state index is 10.0. The van der Waals surface area contributed by atoms with Gasteiger partial charge in [-0.2, -0.15) is 6.67 Å². The first-order chi connectivity index (χ1) is 13.4. The van der Waals surface area contributed by atoms with Crippen molar-refractivity contribution >= 4 is 51.2 Å². The maximum Gasteiger partial charge on any atom is 0.137 e. The van der Waals surface area contributed by atoms with E-state index in [1.807, 2.05) is 11.8 Å². The van der Waals surface area contributed by atoms with Gasteiger partial charge in [0.25, 0.3) is 0 Å². The van der Waals surface area contributed by atoms with E-state index in [0.29, 0.717) is 0 Å². The number of rotatable bonds is 2. The number of hydrogen-bond acceptors (Lipinski definition) is 5. The van der Waals surface area contributed by atoms with Crippen LogP contribution in [0.3, 0.4) is 0 Å². The van der Waals surface area contributed by atoms with Gasteiger partial charge < -0.3 is 9.80 Å². The minimum atomic E-state index is -0.0625. The van der Waals surface area contributed by atoms with Crippen molar-refractivity contribution < 1.29 is 29.7 Å². The third kappa shape index (κ3) is 4.25. The van der Waals surface area contributed by atoms with E-state index >= 15 is 0 Å². The molecule has 6 heteroatoms. The summed E-state index contributed by atoms with van der Waals surface area (Å²) in [5, 5.41) is 2.41. The van der Waals surface area contributed by atoms with Gasteiger partial charge >= 0.3 is 0 Å². The SMILES string of the molecule is CC(=O)CC(C)=O.CN1[CH-]N2c3[c-]c4ccccc4cc3Sc3cccc1c32.[Ir]. The number of nitrogens with zero attached hydrogens (tertiary/aromatic N) is 2. The fourth-order valence-electron chi connectivity index (χ4n) is 3.44. The van der Waals surface area contributed by atoms with Gasteiger partial charge in [-0.3, -0.25) is 9.59 Å². The van der Waals surface area contributed by atoms with Gasteiger partial charge in [-0.25, -0.2) is 0 Å². The van der Waals surface area contributed by atoms with Crippen LogP contribution in [0.2, 0.25) is 0 Å². The third-order valence-electron chi connectivity index (χ3n) is 4.58. The first-order valence-electron chi connectivity index (χ1n) is 9.06. The molecule has 3 aromatic carbocycles. The van der Waals surface area contributed by atoms with Gasteiger partial charge in [0.05, 0.1) is 6.42 Å². The second-order valence-electron chi connectivity index (χ2n) is 6.97. The molecule has 3 aromatic rings. The maximum atomic E-state index is 10.0. The fraction of sp³-hybridized carbons (Fsp3) is 0.174. The van der Waals surface area contributed by atoms with E-state index in [2.05, 4.69) is 78.1 Å². The summed E-state index contributed by atoms with van der Waals surface area (Å²) in [6, 6.07) is 20.8. The Labute approximate surface area is 188 Å². The molecule has 0 N–H and O–H groups in total. The second kappa shape index (κ2) is 8.70. The van der Waals surface area contributed by atoms with Crippen molar-refractivity contribution in [2.24, 2.45) is 0 Å². The number of anilines is 3. The number of para-hydroxylation sites is 1. The molecule has 0 spiro atoms. The van der Waals surface area contributed by atoms with Gasteiger partial charge in [-0.15, -0.1) is 46.8 Å². The van der Waals surface area contributed by atoms with Crippen LogP contribution < -0.4 is 9.80 Å². The molecular weight excluding hydrogens is 561 g/mol. The number of Topliss-reactive ketones (excluding diaryl/α,β-unsaturated/α-hetero) is 2. The zero-order valence-corrected chi connectivity index (χ0v) is 19.6. The van der Waals surface area contributed by atoms with Crippen molar-refractivity contribution in [1.82, 2.24) is 0 Å². The number of fused-ring (bicyclic) bond motifs is 3. The molecule has 0 atom stereocenters. The van der Waals surface area contributed by atoms with Gasteiger partial charge in [0.1, 0.15) is 11.6 Å². The molecule has 0 aliphatic carbocycles. The van der Waals surface area contributed by atoms with Crippen molar-refractivity contribution in [1.29, 1.82) is 0 Å². The monoisotopic (exact) mass is 581 g/mol. The van der Waals surface area contributed by atoms with Crippen molar-refractivity contribution in [2.45, 2.75) is 30.1 Å². The minimum Gasteiger partial charge on any atom is -0.504 e. The second-order valence-corrected chi connectivity index (χ2v) is 8.06. The Kier molecular flexibility index (Phi) is 6.47. The van der Waals surface area contributed by atoms with Crippen molar-refractivity contribution in [2.75, 3.05) is 16.8 Å². The molecule has 29 heavy (non-hydrogen) atoms. The molecule has 0 aromatic heterocycles. The number of hydrogen-bond donors (Lipinski definition) is 0. The molecule has 0 fully saturated rings. The average Bonchev–Trinajstić information content (AvgIpc) is 2.98. The van der Waals surface area contributed by atoms with Crippen LogP contribution in [0.15, 0.2) is 58.3 Å². The van der Waals surface area contributed by atoms with Crippen molar-refractivity contribution in [3.63, 3.8) is 0 Å². The molecule has 0 saturated carbocycles. The summed E-state index contributed by atoms with van der Waals surface area (Å²) in [5.41, 5.74) is 3.69. The topological polar surface area (TPSA) is 40.6 Å². The zero-order valence-electron chi connectivity index (χ0n) is 16.4. The molecule has 151 valence electrons. The number of benzene rings is 3. The first-order valence-corrected chi connectivity index (χ1v) is 9.87. The quantitative estimate of drug-likeness (QED) is 0.302. The molecule has 1 radical (unpaired) electrons. The largest absolute Gasteiger partial charge is 0.504 e. The van der Waals surface area contributed by atoms with Crippen LogP contribution in [0, 0.1) is 12.7 Å². The minimum absolute atomic E-state index is 0. The van der Waals surface area contributed by atoms with E-state index in [1.165, 1.54) is 45.8 Å². The standard InChI is InChI=1S/C18H12N2S.C5H8O2.Ir/c1-19-11-20-15-9-12-5-2-3-6-13(12)10-17(15)21-16-8-4-7-14(19)18(16)20;1-4(6)3-5(2)7;/h2-8,10-11H,1H3;3H2,1-2H3;/q-2;;. The number of ketones is 2. The molecule has 0 saturated heterocycles. The van der Waals surface area contributed by atoms with Crippen LogP contribution in [0.5, 0.6) is 0 Å². The van der Waals surface area contributed by atoms with Crippen LogP contribution in [0.1, 0.15) is 20.3 Å². The van der Waals surface area contributed by atoms with Crippen LogP contribution in [0.4, 0.5) is 17.1 Å². The van der Waals surface area contributed by atoms with Gasteiger partial charge in [0, 0.05) is 36.4 Å². The Bertz CT molecular complexity index is 1090. The van der Waals surface area contributed by atoms with Crippen molar-refractivity contribution in [3.05, 3.63) is 61.3 Å². The summed E-state index contributed by atoms with van der Waals surface area (Å²) in [5.74, 6) is -0.125. The van der Waals surface area contributed by atoms with Gasteiger partial charge in [0.15, 0.2) is 0 Å². The first kappa shape index (κ1) is 21.6. The van der Waals surface area contributed by atoms with Crippen LogP contribution in [-0.4, -0.2) is 18.6 Å². The van der Waals surface area contributed by atoms with E-state index in [-0.39, 0.29) is 38.1 Å². The van der Waals surface area contributed by atoms with E-state index < -0.39 is 0 Å². The Morgan fingerprint density at radius 1 is 1.03 bits per heavy atom. The Hall–Kier alpha value is -2.14. The summed E-state index contributed by atoms with van der Waals surface area (Å²) in [7, 11) is 2.10. The molecule has 4 nitrogen and oxygen atoms in total. The molecule has 0 unspecified atom stereocenters.